The predicted molar refractivity (Wildman–Crippen MR) is 63.2 cm³/mol. The summed E-state index contributed by atoms with van der Waals surface area (Å²) in [5.41, 5.74) is 5.91. The number of carbonyl (C=O) groups excluding carboxylic acids is 2. The summed E-state index contributed by atoms with van der Waals surface area (Å²) >= 11 is 0. The van der Waals surface area contributed by atoms with Crippen LogP contribution in [-0.4, -0.2) is 22.4 Å². The van der Waals surface area contributed by atoms with E-state index in [1.807, 2.05) is 19.3 Å². The van der Waals surface area contributed by atoms with Gasteiger partial charge in [-0.15, -0.1) is 0 Å². The molecule has 1 saturated carbocycles. The van der Waals surface area contributed by atoms with E-state index in [9.17, 15) is 9.59 Å². The molecule has 1 aliphatic rings. The fourth-order valence-electron chi connectivity index (χ4n) is 2.41. The number of hydrogen-bond acceptors (Lipinski definition) is 2. The molecule has 3 N–H and O–H groups in total. The molecule has 0 saturated heterocycles. The summed E-state index contributed by atoms with van der Waals surface area (Å²) in [6.45, 7) is 0. The average Bonchev–Trinajstić information content (AvgIpc) is 2.86. The zero-order valence-electron chi connectivity index (χ0n) is 9.85. The van der Waals surface area contributed by atoms with Crippen molar-refractivity contribution < 1.29 is 9.59 Å². The van der Waals surface area contributed by atoms with Crippen LogP contribution in [0.15, 0.2) is 18.3 Å². The number of hydrogen-bond donors (Lipinski definition) is 2. The van der Waals surface area contributed by atoms with Crippen molar-refractivity contribution >= 4 is 11.8 Å². The minimum atomic E-state index is -0.320. The van der Waals surface area contributed by atoms with Gasteiger partial charge in [0.2, 0.25) is 5.91 Å². The number of aryl methyl sites for hydroxylation is 1. The Morgan fingerprint density at radius 2 is 2.24 bits per heavy atom. The Hall–Kier alpha value is -1.78. The Kier molecular flexibility index (Phi) is 3.17. The van der Waals surface area contributed by atoms with Crippen LogP contribution < -0.4 is 11.1 Å². The average molecular weight is 235 g/mol. The molecule has 5 nitrogen and oxygen atoms in total. The molecule has 5 heteroatoms. The highest BCUT2D eigenvalue weighted by atomic mass is 16.2. The number of carbonyl (C=O) groups is 2. The minimum absolute atomic E-state index is 0.116. The Morgan fingerprint density at radius 3 is 2.82 bits per heavy atom. The first-order valence-corrected chi connectivity index (χ1v) is 5.81. The van der Waals surface area contributed by atoms with Gasteiger partial charge in [0.15, 0.2) is 0 Å². The second-order valence-electron chi connectivity index (χ2n) is 4.52. The number of amides is 2. The van der Waals surface area contributed by atoms with Crippen molar-refractivity contribution in [1.82, 2.24) is 9.88 Å². The van der Waals surface area contributed by atoms with Crippen LogP contribution >= 0.6 is 0 Å². The van der Waals surface area contributed by atoms with Crippen LogP contribution in [0.4, 0.5) is 0 Å². The molecule has 1 heterocycles. The molecule has 0 aromatic carbocycles. The molecule has 1 fully saturated rings. The SMILES string of the molecule is Cn1cccc1C(=O)N[C@@H]1CCC[C@@H]1C(N)=O. The van der Waals surface area contributed by atoms with Crippen LogP contribution in [0.25, 0.3) is 0 Å². The van der Waals surface area contributed by atoms with Gasteiger partial charge < -0.3 is 15.6 Å². The monoisotopic (exact) mass is 235 g/mol. The van der Waals surface area contributed by atoms with Crippen LogP contribution in [-0.2, 0) is 11.8 Å². The van der Waals surface area contributed by atoms with E-state index in [0.29, 0.717) is 5.69 Å². The van der Waals surface area contributed by atoms with Crippen molar-refractivity contribution in [2.75, 3.05) is 0 Å². The largest absolute Gasteiger partial charge is 0.369 e. The summed E-state index contributed by atoms with van der Waals surface area (Å²) in [5.74, 6) is -0.686. The molecule has 0 aliphatic heterocycles. The quantitative estimate of drug-likeness (QED) is 0.796. The van der Waals surface area contributed by atoms with Gasteiger partial charge >= 0.3 is 0 Å². The maximum absolute atomic E-state index is 12.0. The Balaban J connectivity index is 2.04. The van der Waals surface area contributed by atoms with Crippen molar-refractivity contribution in [1.29, 1.82) is 0 Å². The van der Waals surface area contributed by atoms with Crippen LogP contribution in [0, 0.1) is 5.92 Å². The first-order chi connectivity index (χ1) is 8.09. The van der Waals surface area contributed by atoms with Crippen LogP contribution in [0.5, 0.6) is 0 Å². The predicted octanol–water partition coefficient (Wildman–Crippen LogP) is 0.409. The Bertz CT molecular complexity index is 439. The number of nitrogens with one attached hydrogen (secondary N) is 1. The van der Waals surface area contributed by atoms with Gasteiger partial charge in [0.25, 0.3) is 5.91 Å². The molecule has 0 unspecified atom stereocenters. The third-order valence-electron chi connectivity index (χ3n) is 3.37. The van der Waals surface area contributed by atoms with Gasteiger partial charge in [0.1, 0.15) is 5.69 Å². The van der Waals surface area contributed by atoms with Gasteiger partial charge in [-0.2, -0.15) is 0 Å². The highest BCUT2D eigenvalue weighted by molar-refractivity contribution is 5.93. The summed E-state index contributed by atoms with van der Waals surface area (Å²) in [4.78, 5) is 23.2. The molecule has 92 valence electrons. The van der Waals surface area contributed by atoms with Gasteiger partial charge in [-0.3, -0.25) is 9.59 Å². The van der Waals surface area contributed by atoms with Crippen molar-refractivity contribution in [2.24, 2.45) is 18.7 Å². The van der Waals surface area contributed by atoms with E-state index >= 15 is 0 Å². The molecule has 1 aromatic rings. The highest BCUT2D eigenvalue weighted by Gasteiger charge is 2.32. The van der Waals surface area contributed by atoms with Crippen LogP contribution in [0.1, 0.15) is 29.8 Å². The second kappa shape index (κ2) is 4.61. The summed E-state index contributed by atoms with van der Waals surface area (Å²) in [7, 11) is 1.81. The molecule has 2 rings (SSSR count). The lowest BCUT2D eigenvalue weighted by Gasteiger charge is -2.18. The first kappa shape index (κ1) is 11.7. The lowest BCUT2D eigenvalue weighted by atomic mass is 10.0. The zero-order valence-corrected chi connectivity index (χ0v) is 9.85. The van der Waals surface area contributed by atoms with Crippen molar-refractivity contribution in [3.05, 3.63) is 24.0 Å². The van der Waals surface area contributed by atoms with E-state index in [0.717, 1.165) is 19.3 Å². The molecule has 1 aromatic heterocycles. The summed E-state index contributed by atoms with van der Waals surface area (Å²) in [6, 6.07) is 3.45. The number of rotatable bonds is 3. The maximum Gasteiger partial charge on any atom is 0.268 e. The van der Waals surface area contributed by atoms with Crippen LogP contribution in [0.3, 0.4) is 0 Å². The summed E-state index contributed by atoms with van der Waals surface area (Å²) in [6.07, 6.45) is 4.35. The lowest BCUT2D eigenvalue weighted by molar-refractivity contribution is -0.122. The van der Waals surface area contributed by atoms with Crippen molar-refractivity contribution in [3.8, 4) is 0 Å². The van der Waals surface area contributed by atoms with Crippen molar-refractivity contribution in [2.45, 2.75) is 25.3 Å². The molecule has 0 bridgehead atoms. The van der Waals surface area contributed by atoms with Crippen molar-refractivity contribution in [3.63, 3.8) is 0 Å². The molecular weight excluding hydrogens is 218 g/mol. The summed E-state index contributed by atoms with van der Waals surface area (Å²) < 4.78 is 1.75. The van der Waals surface area contributed by atoms with Gasteiger partial charge in [0.05, 0.1) is 5.92 Å². The fraction of sp³-hybridized carbons (Fsp3) is 0.500. The molecule has 2 atom stereocenters. The van der Waals surface area contributed by atoms with E-state index in [2.05, 4.69) is 5.32 Å². The van der Waals surface area contributed by atoms with Gasteiger partial charge in [0, 0.05) is 19.3 Å². The maximum atomic E-state index is 12.0. The normalized spacial score (nSPS) is 23.6. The zero-order chi connectivity index (χ0) is 12.4. The van der Waals surface area contributed by atoms with E-state index in [-0.39, 0.29) is 23.8 Å². The molecule has 2 amide bonds. The van der Waals surface area contributed by atoms with Crippen LogP contribution in [0.2, 0.25) is 0 Å². The first-order valence-electron chi connectivity index (χ1n) is 5.81. The molecular formula is C12H17N3O2. The third-order valence-corrected chi connectivity index (χ3v) is 3.37. The van der Waals surface area contributed by atoms with E-state index in [4.69, 9.17) is 5.73 Å². The Labute approximate surface area is 100.0 Å². The smallest absolute Gasteiger partial charge is 0.268 e. The number of primary amides is 1. The van der Waals surface area contributed by atoms with E-state index < -0.39 is 0 Å². The third kappa shape index (κ3) is 2.33. The van der Waals surface area contributed by atoms with Gasteiger partial charge in [-0.25, -0.2) is 0 Å². The number of nitrogens with zero attached hydrogens (tertiary/aromatic N) is 1. The standard InChI is InChI=1S/C12H17N3O2/c1-15-7-3-6-10(15)12(17)14-9-5-2-4-8(9)11(13)16/h3,6-9H,2,4-5H2,1H3,(H2,13,16)(H,14,17)/t8-,9+/m0/s1. The highest BCUT2D eigenvalue weighted by Crippen LogP contribution is 2.25. The Morgan fingerprint density at radius 1 is 1.47 bits per heavy atom. The minimum Gasteiger partial charge on any atom is -0.369 e. The van der Waals surface area contributed by atoms with Gasteiger partial charge in [-0.1, -0.05) is 6.42 Å². The van der Waals surface area contributed by atoms with E-state index in [1.54, 1.807) is 10.6 Å². The fourth-order valence-corrected chi connectivity index (χ4v) is 2.41. The molecule has 17 heavy (non-hydrogen) atoms. The molecule has 0 radical (unpaired) electrons. The molecule has 0 spiro atoms. The lowest BCUT2D eigenvalue weighted by Crippen LogP contribution is -2.42. The molecule has 1 aliphatic carbocycles. The van der Waals surface area contributed by atoms with E-state index in [1.165, 1.54) is 0 Å². The second-order valence-corrected chi connectivity index (χ2v) is 4.52. The topological polar surface area (TPSA) is 77.1 Å². The summed E-state index contributed by atoms with van der Waals surface area (Å²) in [5, 5.41) is 2.89. The van der Waals surface area contributed by atoms with Gasteiger partial charge in [-0.05, 0) is 25.0 Å². The number of aromatic nitrogens is 1. The number of nitrogens with two attached hydrogens (primary N) is 1.